The number of ether oxygens (including phenoxy) is 3. The van der Waals surface area contributed by atoms with Crippen molar-refractivity contribution < 1.29 is 28.9 Å². The molecule has 8 nitrogen and oxygen atoms in total. The summed E-state index contributed by atoms with van der Waals surface area (Å²) in [5.41, 5.74) is 2.85. The molecule has 2 N–H and O–H groups in total. The van der Waals surface area contributed by atoms with Crippen LogP contribution in [0.25, 0.3) is 0 Å². The molecule has 1 fully saturated rings. The van der Waals surface area contributed by atoms with Gasteiger partial charge in [-0.25, -0.2) is 0 Å². The zero-order valence-corrected chi connectivity index (χ0v) is 17.6. The Bertz CT molecular complexity index is 1000. The third-order valence-corrected chi connectivity index (χ3v) is 5.86. The molecule has 0 unspecified atom stereocenters. The number of benzene rings is 2. The lowest BCUT2D eigenvalue weighted by molar-refractivity contribution is -0.135. The second-order valence-corrected chi connectivity index (χ2v) is 7.61. The first-order valence-corrected chi connectivity index (χ1v) is 10.2. The topological polar surface area (TPSA) is 97.3 Å². The number of nitrogens with zero attached hydrogens (tertiary/aromatic N) is 1. The number of fused-ring (bicyclic) bond motifs is 1. The molecular weight excluding hydrogens is 400 g/mol. The van der Waals surface area contributed by atoms with Gasteiger partial charge in [0.05, 0.1) is 27.4 Å². The van der Waals surface area contributed by atoms with Gasteiger partial charge in [0, 0.05) is 55.2 Å². The van der Waals surface area contributed by atoms with Gasteiger partial charge in [0.1, 0.15) is 17.2 Å². The molecule has 2 heterocycles. The molecule has 2 amide bonds. The van der Waals surface area contributed by atoms with Crippen molar-refractivity contribution in [2.24, 2.45) is 0 Å². The number of rotatable bonds is 6. The lowest BCUT2D eigenvalue weighted by Crippen LogP contribution is -2.41. The van der Waals surface area contributed by atoms with Gasteiger partial charge in [0.25, 0.3) is 5.91 Å². The molecule has 0 aromatic heterocycles. The highest BCUT2D eigenvalue weighted by Crippen LogP contribution is 2.43. The van der Waals surface area contributed by atoms with Crippen LogP contribution < -0.4 is 14.8 Å². The first kappa shape index (κ1) is 21.0. The summed E-state index contributed by atoms with van der Waals surface area (Å²) in [7, 11) is 3.03. The minimum absolute atomic E-state index is 0.00863. The number of hydrogen-bond donors (Lipinski definition) is 2. The highest BCUT2D eigenvalue weighted by molar-refractivity contribution is 5.98. The van der Waals surface area contributed by atoms with Crippen LogP contribution in [-0.2, 0) is 16.1 Å². The Kier molecular flexibility index (Phi) is 5.99. The van der Waals surface area contributed by atoms with Gasteiger partial charge in [-0.15, -0.1) is 0 Å². The molecule has 31 heavy (non-hydrogen) atoms. The lowest BCUT2D eigenvalue weighted by Gasteiger charge is -2.29. The quantitative estimate of drug-likeness (QED) is 0.734. The molecule has 0 spiro atoms. The number of carbonyl (C=O) groups excluding carboxylic acids is 2. The molecular formula is C23H26N2O6. The number of morpholine rings is 1. The summed E-state index contributed by atoms with van der Waals surface area (Å²) in [6.07, 6.45) is 0.149. The second-order valence-electron chi connectivity index (χ2n) is 7.61. The molecule has 1 atom stereocenters. The van der Waals surface area contributed by atoms with Crippen molar-refractivity contribution in [1.29, 1.82) is 0 Å². The monoisotopic (exact) mass is 426 g/mol. The van der Waals surface area contributed by atoms with Crippen LogP contribution in [0.2, 0.25) is 0 Å². The predicted molar refractivity (Wildman–Crippen MR) is 113 cm³/mol. The number of aromatic hydroxyl groups is 1. The van der Waals surface area contributed by atoms with Crippen LogP contribution in [0.4, 0.5) is 0 Å². The van der Waals surface area contributed by atoms with Gasteiger partial charge in [0.15, 0.2) is 0 Å². The summed E-state index contributed by atoms with van der Waals surface area (Å²) in [4.78, 5) is 26.9. The standard InChI is InChI=1S/C23H26N2O6/c1-29-16-10-19(26)22(20(11-16)30-2)18(12-21(27)25-5-7-31-8-6-25)14-3-4-17-15(9-14)13-24-23(17)28/h3-4,9-11,18,26H,5-8,12-13H2,1-2H3,(H,24,28)/t18-/m1/s1. The normalized spacial score (nSPS) is 16.5. The summed E-state index contributed by atoms with van der Waals surface area (Å²) in [6.45, 7) is 2.55. The summed E-state index contributed by atoms with van der Waals surface area (Å²) < 4.78 is 16.2. The van der Waals surface area contributed by atoms with E-state index in [1.807, 2.05) is 12.1 Å². The van der Waals surface area contributed by atoms with E-state index in [-0.39, 0.29) is 24.0 Å². The molecule has 164 valence electrons. The van der Waals surface area contributed by atoms with Gasteiger partial charge in [-0.2, -0.15) is 0 Å². The van der Waals surface area contributed by atoms with Gasteiger partial charge in [-0.05, 0) is 17.2 Å². The van der Waals surface area contributed by atoms with Crippen molar-refractivity contribution in [2.45, 2.75) is 18.9 Å². The first-order valence-electron chi connectivity index (χ1n) is 10.2. The maximum atomic E-state index is 13.1. The highest BCUT2D eigenvalue weighted by Gasteiger charge is 2.30. The zero-order chi connectivity index (χ0) is 22.0. The van der Waals surface area contributed by atoms with Crippen molar-refractivity contribution in [3.8, 4) is 17.2 Å². The Hall–Kier alpha value is -3.26. The van der Waals surface area contributed by atoms with Gasteiger partial charge in [-0.1, -0.05) is 12.1 Å². The molecule has 4 rings (SSSR count). The van der Waals surface area contributed by atoms with Gasteiger partial charge in [0.2, 0.25) is 5.91 Å². The molecule has 8 heteroatoms. The van der Waals surface area contributed by atoms with E-state index in [0.29, 0.717) is 55.5 Å². The largest absolute Gasteiger partial charge is 0.507 e. The van der Waals surface area contributed by atoms with Gasteiger partial charge < -0.3 is 29.5 Å². The van der Waals surface area contributed by atoms with E-state index in [2.05, 4.69) is 5.32 Å². The highest BCUT2D eigenvalue weighted by atomic mass is 16.5. The smallest absolute Gasteiger partial charge is 0.251 e. The molecule has 0 aliphatic carbocycles. The summed E-state index contributed by atoms with van der Waals surface area (Å²) in [6, 6.07) is 8.74. The number of phenolic OH excluding ortho intramolecular Hbond substituents is 1. The Morgan fingerprint density at radius 3 is 2.68 bits per heavy atom. The molecule has 0 bridgehead atoms. The predicted octanol–water partition coefficient (Wildman–Crippen LogP) is 2.03. The Morgan fingerprint density at radius 2 is 1.97 bits per heavy atom. The molecule has 2 aliphatic heterocycles. The fourth-order valence-corrected chi connectivity index (χ4v) is 4.20. The van der Waals surface area contributed by atoms with Crippen molar-refractivity contribution in [3.63, 3.8) is 0 Å². The van der Waals surface area contributed by atoms with Crippen LogP contribution in [0.3, 0.4) is 0 Å². The maximum Gasteiger partial charge on any atom is 0.251 e. The molecule has 0 saturated carbocycles. The molecule has 2 aromatic rings. The van der Waals surface area contributed by atoms with Crippen LogP contribution >= 0.6 is 0 Å². The van der Waals surface area contributed by atoms with E-state index in [9.17, 15) is 14.7 Å². The first-order chi connectivity index (χ1) is 15.0. The lowest BCUT2D eigenvalue weighted by atomic mass is 9.85. The van der Waals surface area contributed by atoms with Crippen LogP contribution in [0, 0.1) is 0 Å². The average Bonchev–Trinajstić information content (AvgIpc) is 3.17. The third-order valence-electron chi connectivity index (χ3n) is 5.86. The SMILES string of the molecule is COc1cc(O)c([C@H](CC(=O)N2CCOCC2)c2ccc3c(c2)CNC3=O)c(OC)c1. The molecule has 2 aliphatic rings. The molecule has 1 saturated heterocycles. The van der Waals surface area contributed by atoms with E-state index in [4.69, 9.17) is 14.2 Å². The Balaban J connectivity index is 1.76. The summed E-state index contributed by atoms with van der Waals surface area (Å²) in [5, 5.41) is 13.7. The van der Waals surface area contributed by atoms with E-state index >= 15 is 0 Å². The minimum atomic E-state index is -0.461. The van der Waals surface area contributed by atoms with Crippen LogP contribution in [-0.4, -0.2) is 62.3 Å². The fraction of sp³-hybridized carbons (Fsp3) is 0.391. The fourth-order valence-electron chi connectivity index (χ4n) is 4.20. The van der Waals surface area contributed by atoms with E-state index < -0.39 is 5.92 Å². The van der Waals surface area contributed by atoms with Crippen molar-refractivity contribution in [2.75, 3.05) is 40.5 Å². The zero-order valence-electron chi connectivity index (χ0n) is 17.6. The maximum absolute atomic E-state index is 13.1. The van der Waals surface area contributed by atoms with E-state index in [1.165, 1.54) is 20.3 Å². The van der Waals surface area contributed by atoms with Crippen LogP contribution in [0.1, 0.15) is 39.4 Å². The minimum Gasteiger partial charge on any atom is -0.507 e. The Morgan fingerprint density at radius 1 is 1.19 bits per heavy atom. The van der Waals surface area contributed by atoms with E-state index in [0.717, 1.165) is 11.1 Å². The number of carbonyl (C=O) groups is 2. The van der Waals surface area contributed by atoms with Crippen molar-refractivity contribution in [3.05, 3.63) is 52.6 Å². The molecule has 0 radical (unpaired) electrons. The van der Waals surface area contributed by atoms with Crippen LogP contribution in [0.5, 0.6) is 17.2 Å². The number of amides is 2. The van der Waals surface area contributed by atoms with Crippen LogP contribution in [0.15, 0.2) is 30.3 Å². The number of nitrogens with one attached hydrogen (secondary N) is 1. The summed E-state index contributed by atoms with van der Waals surface area (Å²) >= 11 is 0. The van der Waals surface area contributed by atoms with E-state index in [1.54, 1.807) is 17.0 Å². The van der Waals surface area contributed by atoms with Crippen molar-refractivity contribution in [1.82, 2.24) is 10.2 Å². The van der Waals surface area contributed by atoms with Gasteiger partial charge >= 0.3 is 0 Å². The van der Waals surface area contributed by atoms with Crippen molar-refractivity contribution >= 4 is 11.8 Å². The Labute approximate surface area is 180 Å². The van der Waals surface area contributed by atoms with Gasteiger partial charge in [-0.3, -0.25) is 9.59 Å². The number of methoxy groups -OCH3 is 2. The molecule has 2 aromatic carbocycles. The number of hydrogen-bond acceptors (Lipinski definition) is 6. The second kappa shape index (κ2) is 8.85. The summed E-state index contributed by atoms with van der Waals surface area (Å²) in [5.74, 6) is 0.293. The third kappa shape index (κ3) is 4.16. The average molecular weight is 426 g/mol. The number of phenols is 1.